The van der Waals surface area contributed by atoms with E-state index >= 15 is 0 Å². The van der Waals surface area contributed by atoms with Crippen molar-refractivity contribution in [2.45, 2.75) is 13.2 Å². The SMILES string of the molecule is COCc1cccc(OCc2nnsc2N)c1. The van der Waals surface area contributed by atoms with Crippen LogP contribution in [0.15, 0.2) is 24.3 Å². The highest BCUT2D eigenvalue weighted by molar-refractivity contribution is 7.09. The number of hydrogen-bond donors (Lipinski definition) is 1. The molecule has 0 bridgehead atoms. The summed E-state index contributed by atoms with van der Waals surface area (Å²) in [6.45, 7) is 0.899. The Morgan fingerprint density at radius 2 is 2.24 bits per heavy atom. The second-order valence-corrected chi connectivity index (χ2v) is 4.24. The van der Waals surface area contributed by atoms with Crippen LogP contribution >= 0.6 is 11.5 Å². The molecule has 2 rings (SSSR count). The number of nitrogens with zero attached hydrogens (tertiary/aromatic N) is 2. The quantitative estimate of drug-likeness (QED) is 0.878. The van der Waals surface area contributed by atoms with Crippen molar-refractivity contribution in [1.29, 1.82) is 0 Å². The molecule has 5 nitrogen and oxygen atoms in total. The summed E-state index contributed by atoms with van der Waals surface area (Å²) >= 11 is 1.17. The molecule has 0 aliphatic heterocycles. The molecule has 17 heavy (non-hydrogen) atoms. The third kappa shape index (κ3) is 3.15. The maximum atomic E-state index is 5.68. The molecule has 0 unspecified atom stereocenters. The maximum absolute atomic E-state index is 5.68. The average molecular weight is 251 g/mol. The number of anilines is 1. The third-order valence-electron chi connectivity index (χ3n) is 2.17. The Balaban J connectivity index is 1.99. The molecule has 1 aromatic carbocycles. The molecule has 0 fully saturated rings. The topological polar surface area (TPSA) is 70.3 Å². The fourth-order valence-electron chi connectivity index (χ4n) is 1.36. The molecule has 0 atom stereocenters. The van der Waals surface area contributed by atoms with Gasteiger partial charge in [0.05, 0.1) is 6.61 Å². The summed E-state index contributed by atoms with van der Waals surface area (Å²) in [5.41, 5.74) is 7.41. The van der Waals surface area contributed by atoms with Crippen molar-refractivity contribution in [1.82, 2.24) is 9.59 Å². The van der Waals surface area contributed by atoms with Crippen molar-refractivity contribution in [3.63, 3.8) is 0 Å². The second kappa shape index (κ2) is 5.60. The van der Waals surface area contributed by atoms with Gasteiger partial charge in [0, 0.05) is 18.6 Å². The van der Waals surface area contributed by atoms with Gasteiger partial charge in [0.15, 0.2) is 0 Å². The van der Waals surface area contributed by atoms with Gasteiger partial charge in [-0.3, -0.25) is 0 Å². The summed E-state index contributed by atoms with van der Waals surface area (Å²) in [5, 5.41) is 4.48. The van der Waals surface area contributed by atoms with E-state index in [0.717, 1.165) is 11.3 Å². The Hall–Kier alpha value is -1.66. The molecule has 0 radical (unpaired) electrons. The number of hydrogen-bond acceptors (Lipinski definition) is 6. The van der Waals surface area contributed by atoms with E-state index in [4.69, 9.17) is 15.2 Å². The first-order chi connectivity index (χ1) is 8.29. The van der Waals surface area contributed by atoms with Crippen LogP contribution in [-0.2, 0) is 18.0 Å². The van der Waals surface area contributed by atoms with Crippen LogP contribution in [0.5, 0.6) is 5.75 Å². The van der Waals surface area contributed by atoms with Crippen molar-refractivity contribution in [3.8, 4) is 5.75 Å². The lowest BCUT2D eigenvalue weighted by atomic mass is 10.2. The average Bonchev–Trinajstić information content (AvgIpc) is 2.73. The zero-order valence-corrected chi connectivity index (χ0v) is 10.2. The standard InChI is InChI=1S/C11H13N3O2S/c1-15-6-8-3-2-4-9(5-8)16-7-10-11(12)17-14-13-10/h2-5H,6-7,12H2,1H3. The summed E-state index contributed by atoms with van der Waals surface area (Å²) < 4.78 is 14.4. The molecule has 0 aliphatic rings. The molecular weight excluding hydrogens is 238 g/mol. The minimum atomic E-state index is 0.332. The molecule has 0 saturated carbocycles. The van der Waals surface area contributed by atoms with E-state index in [1.165, 1.54) is 11.5 Å². The van der Waals surface area contributed by atoms with Crippen LogP contribution in [0.1, 0.15) is 11.3 Å². The van der Waals surface area contributed by atoms with E-state index in [1.54, 1.807) is 7.11 Å². The van der Waals surface area contributed by atoms with Gasteiger partial charge >= 0.3 is 0 Å². The highest BCUT2D eigenvalue weighted by Crippen LogP contribution is 2.18. The fraction of sp³-hybridized carbons (Fsp3) is 0.273. The Kier molecular flexibility index (Phi) is 3.89. The number of aromatic nitrogens is 2. The summed E-state index contributed by atoms with van der Waals surface area (Å²) in [6.07, 6.45) is 0. The van der Waals surface area contributed by atoms with Gasteiger partial charge in [0.2, 0.25) is 0 Å². The van der Waals surface area contributed by atoms with Crippen molar-refractivity contribution in [3.05, 3.63) is 35.5 Å². The Bertz CT molecular complexity index is 487. The summed E-state index contributed by atoms with van der Waals surface area (Å²) in [5.74, 6) is 0.770. The third-order valence-corrected chi connectivity index (χ3v) is 2.77. The van der Waals surface area contributed by atoms with E-state index in [2.05, 4.69) is 9.59 Å². The minimum Gasteiger partial charge on any atom is -0.487 e. The van der Waals surface area contributed by atoms with Crippen LogP contribution in [0.3, 0.4) is 0 Å². The van der Waals surface area contributed by atoms with E-state index in [9.17, 15) is 0 Å². The molecule has 1 aromatic heterocycles. The number of nitrogens with two attached hydrogens (primary N) is 1. The zero-order valence-electron chi connectivity index (χ0n) is 9.42. The highest BCUT2D eigenvalue weighted by Gasteiger charge is 2.05. The summed E-state index contributed by atoms with van der Waals surface area (Å²) in [7, 11) is 1.66. The van der Waals surface area contributed by atoms with Gasteiger partial charge in [-0.25, -0.2) is 0 Å². The number of nitrogen functional groups attached to an aromatic ring is 1. The second-order valence-electron chi connectivity index (χ2n) is 3.45. The van der Waals surface area contributed by atoms with Gasteiger partial charge in [-0.1, -0.05) is 16.6 Å². The van der Waals surface area contributed by atoms with Crippen LogP contribution in [0.2, 0.25) is 0 Å². The molecule has 2 N–H and O–H groups in total. The Morgan fingerprint density at radius 1 is 1.35 bits per heavy atom. The molecule has 90 valence electrons. The van der Waals surface area contributed by atoms with Crippen LogP contribution in [0, 0.1) is 0 Å². The monoisotopic (exact) mass is 251 g/mol. The molecule has 0 saturated heterocycles. The summed E-state index contributed by atoms with van der Waals surface area (Å²) in [6, 6.07) is 7.72. The minimum absolute atomic E-state index is 0.332. The molecule has 0 amide bonds. The predicted molar refractivity (Wildman–Crippen MR) is 65.8 cm³/mol. The van der Waals surface area contributed by atoms with Gasteiger partial charge in [0.25, 0.3) is 0 Å². The van der Waals surface area contributed by atoms with Crippen LogP contribution < -0.4 is 10.5 Å². The smallest absolute Gasteiger partial charge is 0.136 e. The normalized spacial score (nSPS) is 10.4. The lowest BCUT2D eigenvalue weighted by Gasteiger charge is -2.06. The lowest BCUT2D eigenvalue weighted by Crippen LogP contribution is -1.99. The van der Waals surface area contributed by atoms with Crippen molar-refractivity contribution in [2.24, 2.45) is 0 Å². The van der Waals surface area contributed by atoms with Gasteiger partial charge in [-0.2, -0.15) is 0 Å². The first-order valence-corrected chi connectivity index (χ1v) is 5.84. The number of methoxy groups -OCH3 is 1. The molecule has 6 heteroatoms. The van der Waals surface area contributed by atoms with E-state index in [1.807, 2.05) is 24.3 Å². The van der Waals surface area contributed by atoms with Gasteiger partial charge in [0.1, 0.15) is 23.1 Å². The van der Waals surface area contributed by atoms with E-state index < -0.39 is 0 Å². The number of benzene rings is 1. The van der Waals surface area contributed by atoms with Gasteiger partial charge < -0.3 is 15.2 Å². The fourth-order valence-corrected chi connectivity index (χ4v) is 1.79. The molecule has 0 aliphatic carbocycles. The predicted octanol–water partition coefficient (Wildman–Crippen LogP) is 1.85. The maximum Gasteiger partial charge on any atom is 0.136 e. The molecular formula is C11H13N3O2S. The van der Waals surface area contributed by atoms with E-state index in [0.29, 0.717) is 23.9 Å². The zero-order chi connectivity index (χ0) is 12.1. The molecule has 2 aromatic rings. The summed E-state index contributed by atoms with van der Waals surface area (Å²) in [4.78, 5) is 0. The lowest BCUT2D eigenvalue weighted by molar-refractivity contribution is 0.184. The van der Waals surface area contributed by atoms with Gasteiger partial charge in [-0.15, -0.1) is 5.10 Å². The van der Waals surface area contributed by atoms with E-state index in [-0.39, 0.29) is 0 Å². The van der Waals surface area contributed by atoms with Crippen LogP contribution in [-0.4, -0.2) is 16.7 Å². The van der Waals surface area contributed by atoms with Crippen molar-refractivity contribution in [2.75, 3.05) is 12.8 Å². The van der Waals surface area contributed by atoms with Gasteiger partial charge in [-0.05, 0) is 17.7 Å². The van der Waals surface area contributed by atoms with Crippen molar-refractivity contribution >= 4 is 16.5 Å². The largest absolute Gasteiger partial charge is 0.487 e. The Labute approximate surface area is 103 Å². The van der Waals surface area contributed by atoms with Crippen molar-refractivity contribution < 1.29 is 9.47 Å². The van der Waals surface area contributed by atoms with Crippen LogP contribution in [0.25, 0.3) is 0 Å². The Morgan fingerprint density at radius 3 is 2.94 bits per heavy atom. The molecule has 1 heterocycles. The first kappa shape index (κ1) is 11.8. The van der Waals surface area contributed by atoms with Crippen LogP contribution in [0.4, 0.5) is 5.00 Å². The first-order valence-electron chi connectivity index (χ1n) is 5.07. The number of rotatable bonds is 5. The highest BCUT2D eigenvalue weighted by atomic mass is 32.1. The molecule has 0 spiro atoms. The number of ether oxygens (including phenoxy) is 2.